The van der Waals surface area contributed by atoms with Gasteiger partial charge < -0.3 is 4.74 Å². The summed E-state index contributed by atoms with van der Waals surface area (Å²) in [5.41, 5.74) is 4.90. The van der Waals surface area contributed by atoms with Gasteiger partial charge in [-0.15, -0.1) is 0 Å². The van der Waals surface area contributed by atoms with Crippen molar-refractivity contribution in [3.8, 4) is 5.75 Å². The average molecular weight is 494 g/mol. The molecule has 0 bridgehead atoms. The monoisotopic (exact) mass is 493 g/mol. The fourth-order valence-corrected chi connectivity index (χ4v) is 3.99. The molecule has 9 heteroatoms. The largest absolute Gasteiger partial charge is 0.423 e. The lowest BCUT2D eigenvalue weighted by atomic mass is 10.0. The van der Waals surface area contributed by atoms with E-state index in [2.05, 4.69) is 10.5 Å². The molecule has 0 unspecified atom stereocenters. The van der Waals surface area contributed by atoms with Gasteiger partial charge >= 0.3 is 5.97 Å². The van der Waals surface area contributed by atoms with E-state index in [1.165, 1.54) is 6.21 Å². The first-order valence-electron chi connectivity index (χ1n) is 10.9. The van der Waals surface area contributed by atoms with Crippen molar-refractivity contribution in [3.05, 3.63) is 95.6 Å². The molecule has 8 nitrogen and oxygen atoms in total. The molecule has 0 atom stereocenters. The number of carbonyl (C=O) groups is 2. The maximum atomic E-state index is 12.4. The van der Waals surface area contributed by atoms with Gasteiger partial charge in [0.25, 0.3) is 5.91 Å². The Hall–Kier alpha value is -3.98. The summed E-state index contributed by atoms with van der Waals surface area (Å²) in [6.07, 6.45) is 2.45. The molecule has 0 saturated carbocycles. The van der Waals surface area contributed by atoms with Crippen molar-refractivity contribution in [3.63, 3.8) is 0 Å². The van der Waals surface area contributed by atoms with Gasteiger partial charge in [-0.05, 0) is 65.6 Å². The first-order valence-corrected chi connectivity index (χ1v) is 12.7. The first kappa shape index (κ1) is 25.6. The minimum Gasteiger partial charge on any atom is -0.423 e. The first-order chi connectivity index (χ1) is 16.6. The number of rotatable bonds is 9. The van der Waals surface area contributed by atoms with Crippen molar-refractivity contribution < 1.29 is 22.7 Å². The van der Waals surface area contributed by atoms with Gasteiger partial charge in [-0.2, -0.15) is 5.10 Å². The van der Waals surface area contributed by atoms with Crippen molar-refractivity contribution >= 4 is 33.8 Å². The number of amides is 1. The third-order valence-corrected chi connectivity index (χ3v) is 6.18. The quantitative estimate of drug-likeness (QED) is 0.210. The Kier molecular flexibility index (Phi) is 8.38. The second-order valence-electron chi connectivity index (χ2n) is 8.13. The Balaban J connectivity index is 1.58. The Bertz CT molecular complexity index is 1290. The topological polar surface area (TPSA) is 105 Å². The average Bonchev–Trinajstić information content (AvgIpc) is 2.83. The van der Waals surface area contributed by atoms with Crippen LogP contribution in [-0.2, 0) is 14.8 Å². The number of ether oxygens (including phenoxy) is 1. The summed E-state index contributed by atoms with van der Waals surface area (Å²) in [5, 5.41) is 3.89. The highest BCUT2D eigenvalue weighted by atomic mass is 32.2. The fraction of sp³-hybridized carbons (Fsp3) is 0.192. The van der Waals surface area contributed by atoms with Gasteiger partial charge in [-0.1, -0.05) is 44.2 Å². The molecule has 182 valence electrons. The van der Waals surface area contributed by atoms with Gasteiger partial charge in [0.15, 0.2) is 0 Å². The molecule has 1 N–H and O–H groups in total. The maximum Gasteiger partial charge on any atom is 0.343 e. The van der Waals surface area contributed by atoms with Gasteiger partial charge in [0, 0.05) is 0 Å². The van der Waals surface area contributed by atoms with E-state index in [0.29, 0.717) is 28.5 Å². The van der Waals surface area contributed by atoms with Crippen LogP contribution in [0.25, 0.3) is 0 Å². The zero-order valence-corrected chi connectivity index (χ0v) is 20.5. The van der Waals surface area contributed by atoms with Crippen molar-refractivity contribution in [2.75, 3.05) is 17.1 Å². The summed E-state index contributed by atoms with van der Waals surface area (Å²) in [6.45, 7) is 3.67. The van der Waals surface area contributed by atoms with Crippen LogP contribution in [0.15, 0.2) is 84.0 Å². The molecule has 0 saturated heterocycles. The second kappa shape index (κ2) is 11.4. The van der Waals surface area contributed by atoms with Crippen molar-refractivity contribution in [2.45, 2.75) is 19.8 Å². The highest BCUT2D eigenvalue weighted by molar-refractivity contribution is 7.92. The predicted octanol–water partition coefficient (Wildman–Crippen LogP) is 3.95. The summed E-state index contributed by atoms with van der Waals surface area (Å²) in [7, 11) is -3.68. The summed E-state index contributed by atoms with van der Waals surface area (Å²) in [5.74, 6) is -0.382. The number of nitrogens with zero attached hydrogens (tertiary/aromatic N) is 2. The van der Waals surface area contributed by atoms with Gasteiger partial charge in [0.05, 0.1) is 23.7 Å². The van der Waals surface area contributed by atoms with E-state index in [0.717, 1.165) is 16.1 Å². The van der Waals surface area contributed by atoms with E-state index in [1.807, 2.05) is 32.0 Å². The maximum absolute atomic E-state index is 12.4. The molecule has 35 heavy (non-hydrogen) atoms. The normalized spacial score (nSPS) is 11.4. The van der Waals surface area contributed by atoms with Crippen LogP contribution < -0.4 is 14.5 Å². The van der Waals surface area contributed by atoms with Crippen molar-refractivity contribution in [2.24, 2.45) is 5.10 Å². The number of anilines is 1. The molecule has 0 aromatic heterocycles. The second-order valence-corrected chi connectivity index (χ2v) is 10.0. The van der Waals surface area contributed by atoms with Crippen LogP contribution in [0.2, 0.25) is 0 Å². The molecule has 0 radical (unpaired) electrons. The summed E-state index contributed by atoms with van der Waals surface area (Å²) >= 11 is 0. The predicted molar refractivity (Wildman–Crippen MR) is 136 cm³/mol. The van der Waals surface area contributed by atoms with Crippen LogP contribution in [-0.4, -0.2) is 39.3 Å². The number of esters is 1. The number of hydrogen-bond acceptors (Lipinski definition) is 6. The minimum absolute atomic E-state index is 0.304. The standard InChI is InChI=1S/C26H27N3O5S/c1-19(2)21-11-13-23(14-12-21)29(35(3,32)33)18-25(30)28-27-17-20-9-15-24(16-10-20)34-26(31)22-7-5-4-6-8-22/h4-17,19H,18H2,1-3H3,(H,28,30)/b27-17-. The SMILES string of the molecule is CC(C)c1ccc(N(CC(=O)N/N=C\c2ccc(OC(=O)c3ccccc3)cc2)S(C)(=O)=O)cc1. The van der Waals surface area contributed by atoms with Crippen LogP contribution >= 0.6 is 0 Å². The van der Waals surface area contributed by atoms with Crippen LogP contribution in [0, 0.1) is 0 Å². The van der Waals surface area contributed by atoms with Crippen LogP contribution in [0.5, 0.6) is 5.75 Å². The Morgan fingerprint density at radius 1 is 0.971 bits per heavy atom. The van der Waals surface area contributed by atoms with Crippen LogP contribution in [0.3, 0.4) is 0 Å². The number of hydrogen-bond donors (Lipinski definition) is 1. The zero-order chi connectivity index (χ0) is 25.4. The molecule has 3 rings (SSSR count). The van der Waals surface area contributed by atoms with Gasteiger partial charge in [-0.3, -0.25) is 9.10 Å². The number of sulfonamides is 1. The lowest BCUT2D eigenvalue weighted by molar-refractivity contribution is -0.119. The van der Waals surface area contributed by atoms with Crippen molar-refractivity contribution in [1.82, 2.24) is 5.43 Å². The van der Waals surface area contributed by atoms with E-state index >= 15 is 0 Å². The molecule has 3 aromatic carbocycles. The van der Waals surface area contributed by atoms with E-state index in [-0.39, 0.29) is 0 Å². The highest BCUT2D eigenvalue weighted by Gasteiger charge is 2.20. The third kappa shape index (κ3) is 7.51. The molecule has 0 spiro atoms. The van der Waals surface area contributed by atoms with Gasteiger partial charge in [0.2, 0.25) is 10.0 Å². The third-order valence-electron chi connectivity index (χ3n) is 5.04. The highest BCUT2D eigenvalue weighted by Crippen LogP contribution is 2.22. The van der Waals surface area contributed by atoms with Crippen LogP contribution in [0.4, 0.5) is 5.69 Å². The van der Waals surface area contributed by atoms with E-state index in [4.69, 9.17) is 4.74 Å². The van der Waals surface area contributed by atoms with E-state index < -0.39 is 28.4 Å². The molecular weight excluding hydrogens is 466 g/mol. The summed E-state index contributed by atoms with van der Waals surface area (Å²) in [4.78, 5) is 24.5. The zero-order valence-electron chi connectivity index (χ0n) is 19.7. The van der Waals surface area contributed by atoms with Crippen molar-refractivity contribution in [1.29, 1.82) is 0 Å². The Labute approximate surface area is 205 Å². The number of hydrazone groups is 1. The molecule has 3 aromatic rings. The lowest BCUT2D eigenvalue weighted by Crippen LogP contribution is -2.39. The molecule has 0 aliphatic heterocycles. The molecule has 0 aliphatic rings. The summed E-state index contributed by atoms with van der Waals surface area (Å²) < 4.78 is 30.9. The molecule has 0 heterocycles. The van der Waals surface area contributed by atoms with Gasteiger partial charge in [-0.25, -0.2) is 18.6 Å². The number of carbonyl (C=O) groups excluding carboxylic acids is 2. The number of nitrogens with one attached hydrogen (secondary N) is 1. The summed E-state index contributed by atoms with van der Waals surface area (Å²) in [6, 6.07) is 22.2. The van der Waals surface area contributed by atoms with Crippen LogP contribution in [0.1, 0.15) is 41.3 Å². The Morgan fingerprint density at radius 2 is 1.60 bits per heavy atom. The molecule has 0 aliphatic carbocycles. The molecule has 1 amide bonds. The smallest absolute Gasteiger partial charge is 0.343 e. The number of benzene rings is 3. The minimum atomic E-state index is -3.68. The lowest BCUT2D eigenvalue weighted by Gasteiger charge is -2.21. The molecule has 0 fully saturated rings. The van der Waals surface area contributed by atoms with E-state index in [9.17, 15) is 18.0 Å². The van der Waals surface area contributed by atoms with Gasteiger partial charge in [0.1, 0.15) is 12.3 Å². The molecular formula is C26H27N3O5S. The Morgan fingerprint density at radius 3 is 2.17 bits per heavy atom. The van der Waals surface area contributed by atoms with E-state index in [1.54, 1.807) is 60.7 Å². The fourth-order valence-electron chi connectivity index (χ4n) is 3.13.